The molecule has 1 amide bonds. The van der Waals surface area contributed by atoms with Gasteiger partial charge in [0.2, 0.25) is 5.91 Å². The van der Waals surface area contributed by atoms with Crippen LogP contribution in [0.5, 0.6) is 0 Å². The molecule has 0 aliphatic rings. The Labute approximate surface area is 67.8 Å². The van der Waals surface area contributed by atoms with E-state index in [1.165, 1.54) is 7.05 Å². The van der Waals surface area contributed by atoms with Crippen molar-refractivity contribution in [1.82, 2.24) is 5.32 Å². The first-order valence-electron chi connectivity index (χ1n) is 3.82. The summed E-state index contributed by atoms with van der Waals surface area (Å²) in [5.74, 6) is -0.375. The van der Waals surface area contributed by atoms with E-state index in [2.05, 4.69) is 5.32 Å². The van der Waals surface area contributed by atoms with Crippen LogP contribution in [-0.4, -0.2) is 30.7 Å². The maximum Gasteiger partial charge on any atom is 0.248 e. The van der Waals surface area contributed by atoms with E-state index in [0.29, 0.717) is 13.0 Å². The molecule has 0 bridgehead atoms. The zero-order valence-corrected chi connectivity index (χ0v) is 7.42. The topological polar surface area (TPSA) is 75.3 Å². The van der Waals surface area contributed by atoms with Crippen molar-refractivity contribution in [2.24, 2.45) is 5.73 Å². The molecule has 0 radical (unpaired) electrons. The first-order valence-corrected chi connectivity index (χ1v) is 3.82. The van der Waals surface area contributed by atoms with Gasteiger partial charge in [-0.1, -0.05) is 13.8 Å². The highest BCUT2D eigenvalue weighted by atomic mass is 16.3. The Kier molecular flexibility index (Phi) is 11.1. The molecule has 0 saturated heterocycles. The number of likely N-dealkylation sites (N-methyl/N-ethyl adjacent to an activating group) is 1. The molecule has 0 aromatic rings. The van der Waals surface area contributed by atoms with Gasteiger partial charge in [-0.3, -0.25) is 4.79 Å². The average Bonchev–Trinajstić information content (AvgIpc) is 2.07. The van der Waals surface area contributed by atoms with E-state index in [-0.39, 0.29) is 5.91 Å². The number of hydrogen-bond acceptors (Lipinski definition) is 3. The lowest BCUT2D eigenvalue weighted by atomic mass is 10.2. The third-order valence-electron chi connectivity index (χ3n) is 0.989. The smallest absolute Gasteiger partial charge is 0.248 e. The SMILES string of the molecule is CC.CNC(=O)C(O)CCN. The van der Waals surface area contributed by atoms with Gasteiger partial charge in [-0.2, -0.15) is 0 Å². The number of nitrogens with two attached hydrogens (primary N) is 1. The number of carbonyl (C=O) groups excluding carboxylic acids is 1. The first-order chi connectivity index (χ1) is 5.22. The third kappa shape index (κ3) is 7.29. The van der Waals surface area contributed by atoms with Crippen molar-refractivity contribution in [3.8, 4) is 0 Å². The van der Waals surface area contributed by atoms with Crippen molar-refractivity contribution in [1.29, 1.82) is 0 Å². The minimum absolute atomic E-state index is 0.319. The Bertz CT molecular complexity index is 96.4. The van der Waals surface area contributed by atoms with Gasteiger partial charge in [0.25, 0.3) is 0 Å². The molecule has 0 aromatic heterocycles. The van der Waals surface area contributed by atoms with Gasteiger partial charge in [-0.25, -0.2) is 0 Å². The molecule has 0 heterocycles. The second-order valence-corrected chi connectivity index (χ2v) is 1.71. The van der Waals surface area contributed by atoms with E-state index in [4.69, 9.17) is 10.8 Å². The number of hydrogen-bond donors (Lipinski definition) is 3. The number of aliphatic hydroxyl groups is 1. The number of aliphatic hydroxyl groups excluding tert-OH is 1. The maximum absolute atomic E-state index is 10.5. The summed E-state index contributed by atoms with van der Waals surface area (Å²) in [6, 6.07) is 0. The molecule has 68 valence electrons. The molecule has 4 nitrogen and oxygen atoms in total. The van der Waals surface area contributed by atoms with Crippen LogP contribution in [0.4, 0.5) is 0 Å². The zero-order valence-electron chi connectivity index (χ0n) is 7.42. The van der Waals surface area contributed by atoms with E-state index >= 15 is 0 Å². The van der Waals surface area contributed by atoms with Gasteiger partial charge in [0, 0.05) is 7.05 Å². The predicted octanol–water partition coefficient (Wildman–Crippen LogP) is -0.532. The standard InChI is InChI=1S/C5H12N2O2.C2H6/c1-7-5(9)4(8)2-3-6;1-2/h4,8H,2-3,6H2,1H3,(H,7,9);1-2H3. The van der Waals surface area contributed by atoms with Crippen LogP contribution < -0.4 is 11.1 Å². The van der Waals surface area contributed by atoms with E-state index < -0.39 is 6.10 Å². The number of amides is 1. The number of rotatable bonds is 3. The van der Waals surface area contributed by atoms with Crippen LogP contribution in [0.15, 0.2) is 0 Å². The lowest BCUT2D eigenvalue weighted by Crippen LogP contribution is -2.33. The molecule has 1 atom stereocenters. The Morgan fingerprint density at radius 3 is 2.36 bits per heavy atom. The molecule has 4 heteroatoms. The summed E-state index contributed by atoms with van der Waals surface area (Å²) in [7, 11) is 1.47. The van der Waals surface area contributed by atoms with Crippen molar-refractivity contribution in [3.05, 3.63) is 0 Å². The van der Waals surface area contributed by atoms with E-state index in [1.807, 2.05) is 13.8 Å². The number of nitrogens with one attached hydrogen (secondary N) is 1. The van der Waals surface area contributed by atoms with Gasteiger partial charge >= 0.3 is 0 Å². The van der Waals surface area contributed by atoms with Crippen molar-refractivity contribution < 1.29 is 9.90 Å². The highest BCUT2D eigenvalue weighted by Crippen LogP contribution is 1.86. The fourth-order valence-electron chi connectivity index (χ4n) is 0.456. The third-order valence-corrected chi connectivity index (χ3v) is 0.989. The van der Waals surface area contributed by atoms with Gasteiger partial charge < -0.3 is 16.2 Å². The van der Waals surface area contributed by atoms with Crippen LogP contribution in [0.2, 0.25) is 0 Å². The molecule has 0 rings (SSSR count). The molecule has 0 spiro atoms. The van der Waals surface area contributed by atoms with Crippen LogP contribution in [0.25, 0.3) is 0 Å². The highest BCUT2D eigenvalue weighted by molar-refractivity contribution is 5.80. The summed E-state index contributed by atoms with van der Waals surface area (Å²) in [6.07, 6.45) is -0.625. The van der Waals surface area contributed by atoms with Crippen LogP contribution in [0.3, 0.4) is 0 Å². The van der Waals surface area contributed by atoms with Crippen LogP contribution >= 0.6 is 0 Å². The van der Waals surface area contributed by atoms with Crippen LogP contribution in [-0.2, 0) is 4.79 Å². The van der Waals surface area contributed by atoms with Crippen molar-refractivity contribution in [2.45, 2.75) is 26.4 Å². The molecule has 11 heavy (non-hydrogen) atoms. The molecular formula is C7H18N2O2. The van der Waals surface area contributed by atoms with Gasteiger partial charge in [0.05, 0.1) is 0 Å². The number of carbonyl (C=O) groups is 1. The Balaban J connectivity index is 0. The molecule has 0 aliphatic carbocycles. The quantitative estimate of drug-likeness (QED) is 0.522. The van der Waals surface area contributed by atoms with Gasteiger partial charge in [-0.05, 0) is 13.0 Å². The fraction of sp³-hybridized carbons (Fsp3) is 0.857. The summed E-state index contributed by atoms with van der Waals surface area (Å²) in [5.41, 5.74) is 5.08. The second kappa shape index (κ2) is 9.39. The lowest BCUT2D eigenvalue weighted by Gasteiger charge is -2.05. The molecule has 0 aliphatic heterocycles. The van der Waals surface area contributed by atoms with Crippen molar-refractivity contribution in [3.63, 3.8) is 0 Å². The largest absolute Gasteiger partial charge is 0.383 e. The van der Waals surface area contributed by atoms with E-state index in [1.54, 1.807) is 0 Å². The molecule has 0 aromatic carbocycles. The summed E-state index contributed by atoms with van der Waals surface area (Å²) in [4.78, 5) is 10.5. The van der Waals surface area contributed by atoms with Gasteiger partial charge in [0.1, 0.15) is 6.10 Å². The molecular weight excluding hydrogens is 144 g/mol. The molecule has 0 fully saturated rings. The Morgan fingerprint density at radius 2 is 2.09 bits per heavy atom. The molecule has 0 saturated carbocycles. The lowest BCUT2D eigenvalue weighted by molar-refractivity contribution is -0.128. The Hall–Kier alpha value is -0.610. The highest BCUT2D eigenvalue weighted by Gasteiger charge is 2.10. The van der Waals surface area contributed by atoms with Gasteiger partial charge in [0.15, 0.2) is 0 Å². The zero-order chi connectivity index (χ0) is 9.28. The molecule has 4 N–H and O–H groups in total. The van der Waals surface area contributed by atoms with Crippen molar-refractivity contribution >= 4 is 5.91 Å². The predicted molar refractivity (Wildman–Crippen MR) is 45.1 cm³/mol. The average molecular weight is 162 g/mol. The summed E-state index contributed by atoms with van der Waals surface area (Å²) < 4.78 is 0. The van der Waals surface area contributed by atoms with E-state index in [9.17, 15) is 4.79 Å². The normalized spacial score (nSPS) is 11.0. The maximum atomic E-state index is 10.5. The van der Waals surface area contributed by atoms with Crippen molar-refractivity contribution in [2.75, 3.05) is 13.6 Å². The molecule has 1 unspecified atom stereocenters. The second-order valence-electron chi connectivity index (χ2n) is 1.71. The fourth-order valence-corrected chi connectivity index (χ4v) is 0.456. The monoisotopic (exact) mass is 162 g/mol. The summed E-state index contributed by atoms with van der Waals surface area (Å²) in [6.45, 7) is 4.33. The minimum Gasteiger partial charge on any atom is -0.383 e. The van der Waals surface area contributed by atoms with E-state index in [0.717, 1.165) is 0 Å². The van der Waals surface area contributed by atoms with Crippen LogP contribution in [0.1, 0.15) is 20.3 Å². The summed E-state index contributed by atoms with van der Waals surface area (Å²) in [5, 5.41) is 11.1. The van der Waals surface area contributed by atoms with Crippen LogP contribution in [0, 0.1) is 0 Å². The Morgan fingerprint density at radius 1 is 1.64 bits per heavy atom. The minimum atomic E-state index is -0.944. The summed E-state index contributed by atoms with van der Waals surface area (Å²) >= 11 is 0. The first kappa shape index (κ1) is 13.0. The van der Waals surface area contributed by atoms with Gasteiger partial charge in [-0.15, -0.1) is 0 Å².